The molecule has 0 aliphatic rings. The fourth-order valence-electron chi connectivity index (χ4n) is 1.15. The minimum absolute atomic E-state index is 0.145. The number of H-pyrrole nitrogens is 1. The molecule has 0 atom stereocenters. The van der Waals surface area contributed by atoms with Crippen LogP contribution >= 0.6 is 11.6 Å². The first kappa shape index (κ1) is 9.08. The largest absolute Gasteiger partial charge is 0.313 e. The molecule has 3 nitrogen and oxygen atoms in total. The van der Waals surface area contributed by atoms with Crippen LogP contribution in [0.1, 0.15) is 0 Å². The molecule has 0 spiro atoms. The molecule has 0 fully saturated rings. The Morgan fingerprint density at radius 1 is 1.43 bits per heavy atom. The first-order valence-corrected chi connectivity index (χ1v) is 4.00. The van der Waals surface area contributed by atoms with Crippen LogP contribution in [0.25, 0.3) is 10.9 Å². The van der Waals surface area contributed by atoms with Gasteiger partial charge in [0.25, 0.3) is 5.56 Å². The number of nitrogens with one attached hydrogen (secondary N) is 1. The highest BCUT2D eigenvalue weighted by Gasteiger charge is 2.14. The third-order valence-corrected chi connectivity index (χ3v) is 2.06. The lowest BCUT2D eigenvalue weighted by Crippen LogP contribution is -2.08. The third kappa shape index (κ3) is 1.17. The van der Waals surface area contributed by atoms with E-state index in [0.717, 1.165) is 12.4 Å². The molecule has 2 aromatic rings. The van der Waals surface area contributed by atoms with Crippen molar-refractivity contribution in [3.63, 3.8) is 0 Å². The summed E-state index contributed by atoms with van der Waals surface area (Å²) in [5.41, 5.74) is -0.961. The predicted octanol–water partition coefficient (Wildman–Crippen LogP) is 1.85. The molecule has 1 N–H and O–H groups in total. The van der Waals surface area contributed by atoms with Gasteiger partial charge in [0.1, 0.15) is 5.52 Å². The van der Waals surface area contributed by atoms with Gasteiger partial charge in [-0.15, -0.1) is 0 Å². The Hall–Kier alpha value is -1.49. The topological polar surface area (TPSA) is 45.8 Å². The second-order valence-electron chi connectivity index (χ2n) is 2.61. The Morgan fingerprint density at radius 3 is 2.86 bits per heavy atom. The van der Waals surface area contributed by atoms with Crippen molar-refractivity contribution in [1.82, 2.24) is 9.97 Å². The van der Waals surface area contributed by atoms with E-state index in [1.54, 1.807) is 0 Å². The number of benzene rings is 1. The molecule has 0 radical (unpaired) electrons. The van der Waals surface area contributed by atoms with Crippen LogP contribution in [0, 0.1) is 11.6 Å². The van der Waals surface area contributed by atoms with Crippen molar-refractivity contribution < 1.29 is 8.78 Å². The summed E-state index contributed by atoms with van der Waals surface area (Å²) < 4.78 is 25.9. The average molecular weight is 217 g/mol. The summed E-state index contributed by atoms with van der Waals surface area (Å²) in [7, 11) is 0. The molecule has 6 heteroatoms. The van der Waals surface area contributed by atoms with Crippen LogP contribution in [0.5, 0.6) is 0 Å². The number of aromatic amines is 1. The molecule has 0 unspecified atom stereocenters. The minimum atomic E-state index is -1.17. The first-order valence-electron chi connectivity index (χ1n) is 3.62. The zero-order chi connectivity index (χ0) is 10.3. The molecule has 1 aromatic carbocycles. The van der Waals surface area contributed by atoms with Gasteiger partial charge in [-0.3, -0.25) is 4.79 Å². The van der Waals surface area contributed by atoms with Gasteiger partial charge in [0.15, 0.2) is 11.6 Å². The van der Waals surface area contributed by atoms with E-state index in [4.69, 9.17) is 11.6 Å². The first-order chi connectivity index (χ1) is 6.61. The second kappa shape index (κ2) is 3.02. The van der Waals surface area contributed by atoms with Crippen LogP contribution in [-0.2, 0) is 0 Å². The highest BCUT2D eigenvalue weighted by atomic mass is 35.5. The van der Waals surface area contributed by atoms with Gasteiger partial charge in [0.05, 0.1) is 16.7 Å². The molecule has 0 aliphatic heterocycles. The number of aromatic nitrogens is 2. The molecular formula is C8H3ClF2N2O. The SMILES string of the molecule is O=c1[nH]cnc2c(F)c(F)cc(Cl)c12. The summed E-state index contributed by atoms with van der Waals surface area (Å²) in [6.45, 7) is 0. The minimum Gasteiger partial charge on any atom is -0.313 e. The van der Waals surface area contributed by atoms with E-state index in [2.05, 4.69) is 9.97 Å². The van der Waals surface area contributed by atoms with Crippen LogP contribution < -0.4 is 5.56 Å². The number of fused-ring (bicyclic) bond motifs is 1. The number of nitrogens with zero attached hydrogens (tertiary/aromatic N) is 1. The summed E-state index contributed by atoms with van der Waals surface area (Å²) in [4.78, 5) is 16.9. The van der Waals surface area contributed by atoms with Crippen molar-refractivity contribution in [2.75, 3.05) is 0 Å². The van der Waals surface area contributed by atoms with Gasteiger partial charge in [-0.2, -0.15) is 0 Å². The summed E-state index contributed by atoms with van der Waals surface area (Å²) in [5.74, 6) is -2.30. The van der Waals surface area contributed by atoms with Gasteiger partial charge in [-0.05, 0) is 6.07 Å². The van der Waals surface area contributed by atoms with Gasteiger partial charge in [0, 0.05) is 0 Å². The van der Waals surface area contributed by atoms with Crippen LogP contribution in [0.15, 0.2) is 17.2 Å². The Balaban J connectivity index is 3.10. The van der Waals surface area contributed by atoms with E-state index in [9.17, 15) is 13.6 Å². The Morgan fingerprint density at radius 2 is 2.14 bits per heavy atom. The molecule has 2 rings (SSSR count). The molecule has 14 heavy (non-hydrogen) atoms. The number of hydrogen-bond donors (Lipinski definition) is 1. The molecule has 0 saturated carbocycles. The van der Waals surface area contributed by atoms with Crippen LogP contribution in [0.4, 0.5) is 8.78 Å². The van der Waals surface area contributed by atoms with Crippen LogP contribution in [0.2, 0.25) is 5.02 Å². The predicted molar refractivity (Wildman–Crippen MR) is 47.3 cm³/mol. The maximum absolute atomic E-state index is 13.1. The van der Waals surface area contributed by atoms with E-state index in [0.29, 0.717) is 0 Å². The smallest absolute Gasteiger partial charge is 0.260 e. The average Bonchev–Trinajstić information content (AvgIpc) is 2.14. The fraction of sp³-hybridized carbons (Fsp3) is 0. The monoisotopic (exact) mass is 216 g/mol. The highest BCUT2D eigenvalue weighted by molar-refractivity contribution is 6.35. The van der Waals surface area contributed by atoms with E-state index >= 15 is 0 Å². The van der Waals surface area contributed by atoms with Crippen LogP contribution in [-0.4, -0.2) is 9.97 Å². The van der Waals surface area contributed by atoms with E-state index in [-0.39, 0.29) is 15.9 Å². The maximum atomic E-state index is 13.1. The van der Waals surface area contributed by atoms with Gasteiger partial charge in [-0.25, -0.2) is 13.8 Å². The Kier molecular flexibility index (Phi) is 1.96. The molecule has 0 amide bonds. The van der Waals surface area contributed by atoms with Crippen molar-refractivity contribution in [2.45, 2.75) is 0 Å². The van der Waals surface area contributed by atoms with Gasteiger partial charge >= 0.3 is 0 Å². The number of hydrogen-bond acceptors (Lipinski definition) is 2. The molecular weight excluding hydrogens is 214 g/mol. The van der Waals surface area contributed by atoms with Crippen molar-refractivity contribution in [3.05, 3.63) is 39.4 Å². The molecule has 1 aromatic heterocycles. The molecule has 72 valence electrons. The zero-order valence-electron chi connectivity index (χ0n) is 6.64. The van der Waals surface area contributed by atoms with E-state index in [1.807, 2.05) is 0 Å². The molecule has 0 bridgehead atoms. The molecule has 1 heterocycles. The van der Waals surface area contributed by atoms with Gasteiger partial charge in [0.2, 0.25) is 0 Å². The van der Waals surface area contributed by atoms with Crippen molar-refractivity contribution in [3.8, 4) is 0 Å². The molecule has 0 aliphatic carbocycles. The zero-order valence-corrected chi connectivity index (χ0v) is 7.40. The second-order valence-corrected chi connectivity index (χ2v) is 3.02. The quantitative estimate of drug-likeness (QED) is 0.683. The fourth-order valence-corrected chi connectivity index (χ4v) is 1.42. The summed E-state index contributed by atoms with van der Waals surface area (Å²) >= 11 is 5.57. The van der Waals surface area contributed by atoms with Crippen LogP contribution in [0.3, 0.4) is 0 Å². The Labute approximate surface area is 81.3 Å². The van der Waals surface area contributed by atoms with Gasteiger partial charge < -0.3 is 4.98 Å². The van der Waals surface area contributed by atoms with E-state index < -0.39 is 17.2 Å². The normalized spacial score (nSPS) is 10.8. The number of halogens is 3. The maximum Gasteiger partial charge on any atom is 0.260 e. The lowest BCUT2D eigenvalue weighted by Gasteiger charge is -2.00. The standard InChI is InChI=1S/C8H3ClF2N2O/c9-3-1-4(10)6(11)7-5(3)8(14)13-2-12-7/h1-2H,(H,12,13,14). The van der Waals surface area contributed by atoms with Gasteiger partial charge in [-0.1, -0.05) is 11.6 Å². The van der Waals surface area contributed by atoms with Crippen molar-refractivity contribution in [1.29, 1.82) is 0 Å². The lowest BCUT2D eigenvalue weighted by molar-refractivity contribution is 0.515. The summed E-state index contributed by atoms with van der Waals surface area (Å²) in [5, 5.41) is -0.304. The highest BCUT2D eigenvalue weighted by Crippen LogP contribution is 2.23. The number of rotatable bonds is 0. The third-order valence-electron chi connectivity index (χ3n) is 1.76. The summed E-state index contributed by atoms with van der Waals surface area (Å²) in [6, 6.07) is 0.746. The van der Waals surface area contributed by atoms with E-state index in [1.165, 1.54) is 0 Å². The summed E-state index contributed by atoms with van der Waals surface area (Å²) in [6.07, 6.45) is 0.990. The molecule has 0 saturated heterocycles. The Bertz CT molecular complexity index is 567. The van der Waals surface area contributed by atoms with Crippen molar-refractivity contribution >= 4 is 22.5 Å². The van der Waals surface area contributed by atoms with Crippen molar-refractivity contribution in [2.24, 2.45) is 0 Å². The lowest BCUT2D eigenvalue weighted by atomic mass is 10.2.